The van der Waals surface area contributed by atoms with Crippen molar-refractivity contribution in [2.24, 2.45) is 5.41 Å². The Balaban J connectivity index is 1.65. The van der Waals surface area contributed by atoms with E-state index in [-0.39, 0.29) is 22.1 Å². The van der Waals surface area contributed by atoms with E-state index in [2.05, 4.69) is 43.7 Å². The summed E-state index contributed by atoms with van der Waals surface area (Å²) in [5.41, 5.74) is 3.75. The lowest BCUT2D eigenvalue weighted by Gasteiger charge is -2.35. The van der Waals surface area contributed by atoms with Gasteiger partial charge in [-0.2, -0.15) is 0 Å². The highest BCUT2D eigenvalue weighted by Crippen LogP contribution is 2.44. The molecule has 0 unspecified atom stereocenters. The fourth-order valence-electron chi connectivity index (χ4n) is 5.63. The molecule has 0 saturated heterocycles. The molecule has 196 valence electrons. The molecule has 0 bridgehead atoms. The van der Waals surface area contributed by atoms with Crippen LogP contribution in [0.4, 0.5) is 0 Å². The van der Waals surface area contributed by atoms with Crippen LogP contribution in [0.5, 0.6) is 0 Å². The summed E-state index contributed by atoms with van der Waals surface area (Å²) in [6, 6.07) is 11.0. The van der Waals surface area contributed by atoms with Crippen molar-refractivity contribution in [2.75, 3.05) is 0 Å². The fraction of sp³-hybridized carbons (Fsp3) is 0.406. The molecule has 5 aromatic rings. The summed E-state index contributed by atoms with van der Waals surface area (Å²) in [7, 11) is -2.18. The fourth-order valence-corrected chi connectivity index (χ4v) is 8.16. The highest BCUT2D eigenvalue weighted by Gasteiger charge is 2.29. The molecule has 3 aromatic heterocycles. The van der Waals surface area contributed by atoms with Crippen LogP contribution in [0.15, 0.2) is 48.9 Å². The number of hydrogen-bond donors (Lipinski definition) is 0. The quantitative estimate of drug-likeness (QED) is 0.213. The van der Waals surface area contributed by atoms with Gasteiger partial charge in [-0.1, -0.05) is 69.1 Å². The van der Waals surface area contributed by atoms with E-state index in [0.717, 1.165) is 38.8 Å². The van der Waals surface area contributed by atoms with Crippen LogP contribution in [0.1, 0.15) is 71.7 Å². The van der Waals surface area contributed by atoms with Crippen LogP contribution < -0.4 is 5.19 Å². The molecule has 0 aliphatic heterocycles. The van der Waals surface area contributed by atoms with Crippen molar-refractivity contribution in [2.45, 2.75) is 78.8 Å². The van der Waals surface area contributed by atoms with Gasteiger partial charge in [0, 0.05) is 21.4 Å². The molecule has 1 fully saturated rings. The minimum absolute atomic E-state index is 0.0156. The number of thiazole rings is 1. The third-order valence-corrected chi connectivity index (χ3v) is 11.1. The van der Waals surface area contributed by atoms with Crippen LogP contribution in [0.2, 0.25) is 19.6 Å². The predicted octanol–water partition coefficient (Wildman–Crippen LogP) is 8.52. The van der Waals surface area contributed by atoms with Gasteiger partial charge in [0.05, 0.1) is 24.0 Å². The summed E-state index contributed by atoms with van der Waals surface area (Å²) in [5.74, 6) is -1.06. The van der Waals surface area contributed by atoms with Crippen molar-refractivity contribution in [1.82, 2.24) is 19.6 Å². The second-order valence-corrected chi connectivity index (χ2v) is 18.3. The zero-order chi connectivity index (χ0) is 32.7. The van der Waals surface area contributed by atoms with Gasteiger partial charge in [-0.25, -0.2) is 0 Å². The monoisotopic (exact) mass is 545 g/mol. The maximum atomic E-state index is 9.43. The van der Waals surface area contributed by atoms with Crippen molar-refractivity contribution >= 4 is 39.8 Å². The third-order valence-electron chi connectivity index (χ3n) is 7.97. The van der Waals surface area contributed by atoms with Crippen molar-refractivity contribution < 1.29 is 9.60 Å². The van der Waals surface area contributed by atoms with Crippen LogP contribution in [0.3, 0.4) is 0 Å². The number of fused-ring (bicyclic) bond motifs is 3. The second-order valence-electron chi connectivity index (χ2n) is 12.3. The lowest BCUT2D eigenvalue weighted by molar-refractivity contribution is 0.224. The van der Waals surface area contributed by atoms with Gasteiger partial charge < -0.3 is 0 Å². The number of aryl methyl sites for hydroxylation is 2. The summed E-state index contributed by atoms with van der Waals surface area (Å²) in [5, 5.41) is 9.11. The van der Waals surface area contributed by atoms with Crippen molar-refractivity contribution in [3.63, 3.8) is 0 Å². The van der Waals surface area contributed by atoms with E-state index < -0.39 is 27.7 Å². The first-order valence-corrected chi connectivity index (χ1v) is 17.5. The average molecular weight is 546 g/mol. The Hall–Kier alpha value is -2.83. The topological polar surface area (TPSA) is 43.1 Å². The SMILES string of the molecule is [2H]C([2H])([2H])c1cc(C2([2H])CCC(C)(C)CC2)cc(C([2H])([2H])[2H])c1-c1cc(-c2cccc3c2sc2nncn23)ncc1[Si](C)(C)C. The zero-order valence-corrected chi connectivity index (χ0v) is 24.5. The normalized spacial score (nSPS) is 20.7. The molecule has 0 N–H and O–H groups in total. The van der Waals surface area contributed by atoms with E-state index in [1.54, 1.807) is 18.5 Å². The molecule has 3 heterocycles. The van der Waals surface area contributed by atoms with E-state index in [4.69, 9.17) is 13.2 Å². The third kappa shape index (κ3) is 4.41. The van der Waals surface area contributed by atoms with Gasteiger partial charge >= 0.3 is 0 Å². The first kappa shape index (κ1) is 18.5. The maximum absolute atomic E-state index is 9.43. The van der Waals surface area contributed by atoms with Gasteiger partial charge in [-0.05, 0) is 95.8 Å². The number of aromatic nitrogens is 4. The van der Waals surface area contributed by atoms with E-state index in [1.165, 1.54) is 11.3 Å². The number of benzene rings is 2. The molecule has 2 aromatic carbocycles. The van der Waals surface area contributed by atoms with E-state index in [1.807, 2.05) is 34.9 Å². The highest BCUT2D eigenvalue weighted by molar-refractivity contribution is 7.24. The highest BCUT2D eigenvalue weighted by atomic mass is 32.1. The van der Waals surface area contributed by atoms with E-state index in [0.29, 0.717) is 29.7 Å². The molecule has 0 spiro atoms. The minimum atomic E-state index is -2.61. The Morgan fingerprint density at radius 1 is 1.05 bits per heavy atom. The Kier molecular flexibility index (Phi) is 4.43. The van der Waals surface area contributed by atoms with Crippen LogP contribution in [0.25, 0.3) is 37.6 Å². The molecule has 4 nitrogen and oxygen atoms in total. The Morgan fingerprint density at radius 3 is 2.47 bits per heavy atom. The molecule has 1 saturated carbocycles. The van der Waals surface area contributed by atoms with Crippen molar-refractivity contribution in [3.05, 3.63) is 65.6 Å². The van der Waals surface area contributed by atoms with Gasteiger partial charge in [0.25, 0.3) is 0 Å². The minimum Gasteiger partial charge on any atom is -0.272 e. The number of pyridine rings is 1. The van der Waals surface area contributed by atoms with Crippen molar-refractivity contribution in [3.8, 4) is 22.4 Å². The maximum Gasteiger partial charge on any atom is 0.217 e. The van der Waals surface area contributed by atoms with E-state index >= 15 is 0 Å². The summed E-state index contributed by atoms with van der Waals surface area (Å²) < 4.78 is 64.3. The van der Waals surface area contributed by atoms with Crippen LogP contribution >= 0.6 is 11.3 Å². The van der Waals surface area contributed by atoms with Gasteiger partial charge in [-0.3, -0.25) is 9.38 Å². The molecule has 0 amide bonds. The number of nitrogens with zero attached hydrogens (tertiary/aromatic N) is 4. The molecule has 1 aliphatic rings. The average Bonchev–Trinajstić information content (AvgIpc) is 3.54. The summed E-state index contributed by atoms with van der Waals surface area (Å²) in [6.07, 6.45) is 6.20. The molecule has 1 aliphatic carbocycles. The number of hydrogen-bond acceptors (Lipinski definition) is 4. The zero-order valence-electron chi connectivity index (χ0n) is 29.6. The first-order chi connectivity index (χ1) is 20.8. The lowest BCUT2D eigenvalue weighted by atomic mass is 9.71. The predicted molar refractivity (Wildman–Crippen MR) is 164 cm³/mol. The molecular weight excluding hydrogens is 501 g/mol. The standard InChI is InChI=1S/C32H38N4SSi/c1-20-15-23(22-11-13-32(3,4)14-12-22)16-21(2)29(20)25-17-26(33-18-28(25)38(5,6)7)24-9-8-10-27-30(24)37-31-35-34-19-36(27)31/h8-10,15-19,22H,11-14H2,1-7H3/i1D3,2D3,22D. The number of rotatable bonds is 4. The Bertz CT molecular complexity index is 1890. The van der Waals surface area contributed by atoms with Crippen LogP contribution in [-0.4, -0.2) is 27.7 Å². The molecular formula is C32H38N4SSi. The molecule has 0 atom stereocenters. The second kappa shape index (κ2) is 9.13. The Labute approximate surface area is 241 Å². The first-order valence-electron chi connectivity index (χ1n) is 16.7. The summed E-state index contributed by atoms with van der Waals surface area (Å²) in [4.78, 5) is 5.64. The molecule has 6 heteroatoms. The van der Waals surface area contributed by atoms with E-state index in [9.17, 15) is 1.37 Å². The molecule has 6 rings (SSSR count). The summed E-state index contributed by atoms with van der Waals surface area (Å²) in [6.45, 7) is 5.59. The van der Waals surface area contributed by atoms with Crippen molar-refractivity contribution in [1.29, 1.82) is 0 Å². The van der Waals surface area contributed by atoms with Gasteiger partial charge in [0.2, 0.25) is 4.96 Å². The van der Waals surface area contributed by atoms with Gasteiger partial charge in [-0.15, -0.1) is 10.2 Å². The molecule has 0 radical (unpaired) electrons. The van der Waals surface area contributed by atoms with Crippen LogP contribution in [0, 0.1) is 19.1 Å². The largest absolute Gasteiger partial charge is 0.272 e. The van der Waals surface area contributed by atoms with Crippen LogP contribution in [-0.2, 0) is 0 Å². The van der Waals surface area contributed by atoms with Gasteiger partial charge in [0.15, 0.2) is 0 Å². The molecule has 38 heavy (non-hydrogen) atoms. The Morgan fingerprint density at radius 2 is 1.79 bits per heavy atom. The lowest BCUT2D eigenvalue weighted by Crippen LogP contribution is -2.39. The smallest absolute Gasteiger partial charge is 0.217 e. The van der Waals surface area contributed by atoms with Gasteiger partial charge in [0.1, 0.15) is 6.33 Å². The summed E-state index contributed by atoms with van der Waals surface area (Å²) >= 11 is 1.49.